The van der Waals surface area contributed by atoms with Crippen LogP contribution in [0.2, 0.25) is 0 Å². The SMILES string of the molecule is Cn1cc(Br)cc1C(=O)NCC1Cc2[nH]c(N)nc2C(c2cnc(N)[nH]2)C1CNC(=O)c1cc(Br)cn1C. The number of aromatic amines is 2. The second-order valence-corrected chi connectivity index (χ2v) is 11.4. The van der Waals surface area contributed by atoms with Gasteiger partial charge in [0.05, 0.1) is 11.9 Å². The molecule has 200 valence electrons. The summed E-state index contributed by atoms with van der Waals surface area (Å²) in [6.45, 7) is 0.698. The lowest BCUT2D eigenvalue weighted by molar-refractivity contribution is 0.0902. The molecule has 3 atom stereocenters. The third-order valence-corrected chi connectivity index (χ3v) is 7.87. The number of aromatic nitrogens is 6. The molecular formula is C24H28Br2N10O2. The van der Waals surface area contributed by atoms with E-state index in [9.17, 15) is 9.59 Å². The average molecular weight is 648 g/mol. The number of nitrogens with one attached hydrogen (secondary N) is 4. The van der Waals surface area contributed by atoms with Crippen molar-refractivity contribution in [2.24, 2.45) is 25.9 Å². The van der Waals surface area contributed by atoms with Gasteiger partial charge in [-0.1, -0.05) is 0 Å². The Labute approximate surface area is 235 Å². The maximum Gasteiger partial charge on any atom is 0.267 e. The molecule has 1 aliphatic carbocycles. The van der Waals surface area contributed by atoms with Crippen LogP contribution in [0.5, 0.6) is 0 Å². The lowest BCUT2D eigenvalue weighted by atomic mass is 9.71. The first-order valence-corrected chi connectivity index (χ1v) is 13.5. The molecule has 0 saturated carbocycles. The fourth-order valence-corrected chi connectivity index (χ4v) is 6.30. The molecule has 0 saturated heterocycles. The van der Waals surface area contributed by atoms with E-state index in [1.54, 1.807) is 27.5 Å². The number of carbonyl (C=O) groups excluding carboxylic acids is 2. The summed E-state index contributed by atoms with van der Waals surface area (Å²) in [5.74, 6) is -0.308. The number of rotatable bonds is 7. The Balaban J connectivity index is 1.45. The molecule has 0 spiro atoms. The quantitative estimate of drug-likeness (QED) is 0.179. The number of nitrogens with two attached hydrogens (primary N) is 2. The van der Waals surface area contributed by atoms with Crippen molar-refractivity contribution in [1.82, 2.24) is 39.7 Å². The Morgan fingerprint density at radius 3 is 2.13 bits per heavy atom. The highest BCUT2D eigenvalue weighted by Gasteiger charge is 2.41. The van der Waals surface area contributed by atoms with Gasteiger partial charge in [0.2, 0.25) is 0 Å². The molecule has 1 aliphatic rings. The van der Waals surface area contributed by atoms with Gasteiger partial charge < -0.3 is 41.2 Å². The van der Waals surface area contributed by atoms with Crippen LogP contribution in [-0.4, -0.2) is 54.0 Å². The monoisotopic (exact) mass is 646 g/mol. The first-order chi connectivity index (χ1) is 18.1. The summed E-state index contributed by atoms with van der Waals surface area (Å²) < 4.78 is 5.17. The Morgan fingerprint density at radius 2 is 1.61 bits per heavy atom. The zero-order valence-corrected chi connectivity index (χ0v) is 23.9. The van der Waals surface area contributed by atoms with Gasteiger partial charge in [-0.2, -0.15) is 0 Å². The summed E-state index contributed by atoms with van der Waals surface area (Å²) in [4.78, 5) is 41.2. The number of amides is 2. The van der Waals surface area contributed by atoms with Crippen LogP contribution in [0.3, 0.4) is 0 Å². The number of nitrogen functional groups attached to an aromatic ring is 2. The number of imidazole rings is 2. The number of carbonyl (C=O) groups is 2. The Hall–Kier alpha value is -3.52. The minimum Gasteiger partial charge on any atom is -0.369 e. The summed E-state index contributed by atoms with van der Waals surface area (Å²) >= 11 is 6.84. The zero-order chi connectivity index (χ0) is 27.1. The van der Waals surface area contributed by atoms with E-state index in [-0.39, 0.29) is 35.5 Å². The van der Waals surface area contributed by atoms with Gasteiger partial charge in [-0.25, -0.2) is 9.97 Å². The van der Waals surface area contributed by atoms with Gasteiger partial charge in [0.25, 0.3) is 11.8 Å². The Bertz CT molecular complexity index is 1500. The molecule has 0 fully saturated rings. The molecule has 4 aromatic heterocycles. The van der Waals surface area contributed by atoms with E-state index in [0.29, 0.717) is 36.8 Å². The number of halogens is 2. The second kappa shape index (κ2) is 10.3. The van der Waals surface area contributed by atoms with E-state index in [4.69, 9.17) is 11.5 Å². The van der Waals surface area contributed by atoms with Crippen molar-refractivity contribution in [2.45, 2.75) is 12.3 Å². The van der Waals surface area contributed by atoms with Crippen molar-refractivity contribution < 1.29 is 9.59 Å². The topological polar surface area (TPSA) is 177 Å². The number of fused-ring (bicyclic) bond motifs is 1. The maximum atomic E-state index is 13.1. The van der Waals surface area contributed by atoms with Crippen LogP contribution in [0.1, 0.15) is 44.0 Å². The summed E-state index contributed by atoms with van der Waals surface area (Å²) in [7, 11) is 3.63. The molecule has 38 heavy (non-hydrogen) atoms. The Kier molecular flexibility index (Phi) is 7.09. The third kappa shape index (κ3) is 5.10. The summed E-state index contributed by atoms with van der Waals surface area (Å²) in [6, 6.07) is 3.54. The molecule has 0 aromatic carbocycles. The molecular weight excluding hydrogens is 620 g/mol. The normalized spacial score (nSPS) is 18.8. The number of hydrogen-bond acceptors (Lipinski definition) is 6. The summed E-state index contributed by atoms with van der Waals surface area (Å²) in [5.41, 5.74) is 15.5. The second-order valence-electron chi connectivity index (χ2n) is 9.54. The number of anilines is 2. The van der Waals surface area contributed by atoms with E-state index >= 15 is 0 Å². The van der Waals surface area contributed by atoms with Crippen molar-refractivity contribution in [2.75, 3.05) is 24.6 Å². The van der Waals surface area contributed by atoms with Gasteiger partial charge in [0.15, 0.2) is 11.9 Å². The molecule has 0 bridgehead atoms. The van der Waals surface area contributed by atoms with Crippen molar-refractivity contribution in [1.29, 1.82) is 0 Å². The van der Waals surface area contributed by atoms with Crippen LogP contribution < -0.4 is 22.1 Å². The molecule has 0 radical (unpaired) electrons. The lowest BCUT2D eigenvalue weighted by Gasteiger charge is -2.37. The van der Waals surface area contributed by atoms with E-state index in [1.165, 1.54) is 0 Å². The minimum atomic E-state index is -0.288. The number of aryl methyl sites for hydroxylation is 2. The molecule has 14 heteroatoms. The van der Waals surface area contributed by atoms with Gasteiger partial charge in [-0.05, 0) is 62.2 Å². The van der Waals surface area contributed by atoms with Crippen LogP contribution in [0.15, 0.2) is 39.7 Å². The van der Waals surface area contributed by atoms with E-state index in [0.717, 1.165) is 26.0 Å². The van der Waals surface area contributed by atoms with Gasteiger partial charge in [-0.3, -0.25) is 9.59 Å². The van der Waals surface area contributed by atoms with Crippen LogP contribution in [0.25, 0.3) is 0 Å². The van der Waals surface area contributed by atoms with Crippen LogP contribution in [-0.2, 0) is 20.5 Å². The van der Waals surface area contributed by atoms with E-state index < -0.39 is 0 Å². The maximum absolute atomic E-state index is 13.1. The van der Waals surface area contributed by atoms with Crippen molar-refractivity contribution in [3.8, 4) is 0 Å². The van der Waals surface area contributed by atoms with Gasteiger partial charge in [0.1, 0.15) is 11.4 Å². The summed E-state index contributed by atoms with van der Waals surface area (Å²) in [6.07, 6.45) is 5.92. The minimum absolute atomic E-state index is 0.0648. The first-order valence-electron chi connectivity index (χ1n) is 12.0. The molecule has 3 unspecified atom stereocenters. The number of hydrogen-bond donors (Lipinski definition) is 6. The smallest absolute Gasteiger partial charge is 0.267 e. The molecule has 12 nitrogen and oxygen atoms in total. The zero-order valence-electron chi connectivity index (χ0n) is 20.8. The van der Waals surface area contributed by atoms with Crippen LogP contribution in [0, 0.1) is 11.8 Å². The standard InChI is InChI=1S/C24H28Br2N10O2/c1-35-9-12(25)4-17(35)21(37)29-6-11-3-15-20(34-24(28)32-15)19(16-8-31-23(27)33-16)14(11)7-30-22(38)18-5-13(26)10-36(18)2/h4-5,8-11,14,19H,3,6-7H2,1-2H3,(H,29,37)(H,30,38)(H3,27,31,33)(H3,28,32,34). The average Bonchev–Trinajstić information content (AvgIpc) is 3.61. The molecule has 5 rings (SSSR count). The number of H-pyrrole nitrogens is 2. The van der Waals surface area contributed by atoms with E-state index in [1.807, 2.05) is 26.5 Å². The fraction of sp³-hybridized carbons (Fsp3) is 0.333. The predicted molar refractivity (Wildman–Crippen MR) is 149 cm³/mol. The Morgan fingerprint density at radius 1 is 1.00 bits per heavy atom. The molecule has 2 amide bonds. The molecule has 8 N–H and O–H groups in total. The van der Waals surface area contributed by atoms with Gasteiger partial charge in [-0.15, -0.1) is 0 Å². The largest absolute Gasteiger partial charge is 0.369 e. The van der Waals surface area contributed by atoms with Crippen LogP contribution >= 0.6 is 31.9 Å². The summed E-state index contributed by atoms with van der Waals surface area (Å²) in [5, 5.41) is 6.17. The third-order valence-electron chi connectivity index (χ3n) is 7.01. The van der Waals surface area contributed by atoms with E-state index in [2.05, 4.69) is 62.4 Å². The van der Waals surface area contributed by atoms with Gasteiger partial charge >= 0.3 is 0 Å². The highest BCUT2D eigenvalue weighted by molar-refractivity contribution is 9.10. The molecule has 4 heterocycles. The number of nitrogens with zero attached hydrogens (tertiary/aromatic N) is 4. The molecule has 4 aromatic rings. The molecule has 0 aliphatic heterocycles. The van der Waals surface area contributed by atoms with Crippen molar-refractivity contribution in [3.63, 3.8) is 0 Å². The lowest BCUT2D eigenvalue weighted by Crippen LogP contribution is -2.44. The first kappa shape index (κ1) is 26.1. The van der Waals surface area contributed by atoms with Crippen molar-refractivity contribution >= 4 is 55.6 Å². The highest BCUT2D eigenvalue weighted by Crippen LogP contribution is 2.42. The van der Waals surface area contributed by atoms with Crippen molar-refractivity contribution in [3.05, 3.63) is 68.1 Å². The predicted octanol–water partition coefficient (Wildman–Crippen LogP) is 2.28. The van der Waals surface area contributed by atoms with Crippen LogP contribution in [0.4, 0.5) is 11.9 Å². The van der Waals surface area contributed by atoms with Gasteiger partial charge in [0, 0.05) is 65.8 Å². The highest BCUT2D eigenvalue weighted by atomic mass is 79.9. The fourth-order valence-electron chi connectivity index (χ4n) is 5.26.